The number of aromatic nitrogens is 2. The molecular formula is C22H34N6. The number of piperidine rings is 1. The van der Waals surface area contributed by atoms with Gasteiger partial charge in [0.25, 0.3) is 0 Å². The van der Waals surface area contributed by atoms with Crippen LogP contribution in [0, 0.1) is 11.8 Å². The second-order valence-corrected chi connectivity index (χ2v) is 8.03. The van der Waals surface area contributed by atoms with Crippen molar-refractivity contribution in [1.29, 1.82) is 0 Å². The molecule has 2 unspecified atom stereocenters. The van der Waals surface area contributed by atoms with Gasteiger partial charge in [-0.2, -0.15) is 5.10 Å². The molecule has 2 atom stereocenters. The predicted molar refractivity (Wildman–Crippen MR) is 115 cm³/mol. The van der Waals surface area contributed by atoms with Crippen molar-refractivity contribution in [1.82, 2.24) is 25.3 Å². The number of nitrogens with one attached hydrogen (secondary N) is 2. The summed E-state index contributed by atoms with van der Waals surface area (Å²) in [5, 5.41) is 11.2. The SMILES string of the molecule is CN=C(NCCN1CC(C)CC(C)C1)NCc1ccccc1Cn1cccn1. The predicted octanol–water partition coefficient (Wildman–Crippen LogP) is 2.57. The normalized spacial score (nSPS) is 20.9. The molecule has 1 fully saturated rings. The van der Waals surface area contributed by atoms with Gasteiger partial charge >= 0.3 is 0 Å². The topological polar surface area (TPSA) is 57.5 Å². The van der Waals surface area contributed by atoms with Crippen LogP contribution in [0.3, 0.4) is 0 Å². The van der Waals surface area contributed by atoms with E-state index in [1.807, 2.05) is 30.2 Å². The van der Waals surface area contributed by atoms with E-state index in [1.165, 1.54) is 30.6 Å². The lowest BCUT2D eigenvalue weighted by Crippen LogP contribution is -2.45. The summed E-state index contributed by atoms with van der Waals surface area (Å²) >= 11 is 0. The fraction of sp³-hybridized carbons (Fsp3) is 0.545. The first-order valence-corrected chi connectivity index (χ1v) is 10.3. The lowest BCUT2D eigenvalue weighted by molar-refractivity contribution is 0.143. The third kappa shape index (κ3) is 6.09. The minimum absolute atomic E-state index is 0.745. The monoisotopic (exact) mass is 382 g/mol. The van der Waals surface area contributed by atoms with E-state index in [0.717, 1.165) is 44.0 Å². The van der Waals surface area contributed by atoms with Crippen LogP contribution in [0.4, 0.5) is 0 Å². The quantitative estimate of drug-likeness (QED) is 0.571. The van der Waals surface area contributed by atoms with E-state index in [2.05, 4.69) is 63.7 Å². The molecule has 152 valence electrons. The number of nitrogens with zero attached hydrogens (tertiary/aromatic N) is 4. The average Bonchev–Trinajstić information content (AvgIpc) is 3.18. The maximum Gasteiger partial charge on any atom is 0.191 e. The van der Waals surface area contributed by atoms with E-state index in [-0.39, 0.29) is 0 Å². The molecule has 1 aromatic carbocycles. The zero-order valence-electron chi connectivity index (χ0n) is 17.4. The first-order chi connectivity index (χ1) is 13.6. The summed E-state index contributed by atoms with van der Waals surface area (Å²) in [6.07, 6.45) is 5.16. The lowest BCUT2D eigenvalue weighted by atomic mass is 9.92. The van der Waals surface area contributed by atoms with E-state index in [4.69, 9.17) is 0 Å². The number of hydrogen-bond donors (Lipinski definition) is 2. The number of hydrogen-bond acceptors (Lipinski definition) is 3. The van der Waals surface area contributed by atoms with Crippen molar-refractivity contribution in [2.45, 2.75) is 33.4 Å². The van der Waals surface area contributed by atoms with Gasteiger partial charge in [-0.1, -0.05) is 38.1 Å². The van der Waals surface area contributed by atoms with Crippen molar-refractivity contribution in [3.05, 3.63) is 53.9 Å². The number of likely N-dealkylation sites (tertiary alicyclic amines) is 1. The van der Waals surface area contributed by atoms with Gasteiger partial charge in [-0.25, -0.2) is 0 Å². The van der Waals surface area contributed by atoms with Gasteiger partial charge in [0.15, 0.2) is 5.96 Å². The molecule has 1 aliphatic heterocycles. The molecule has 0 saturated carbocycles. The van der Waals surface area contributed by atoms with Crippen LogP contribution < -0.4 is 10.6 Å². The fourth-order valence-corrected chi connectivity index (χ4v) is 4.16. The van der Waals surface area contributed by atoms with E-state index in [9.17, 15) is 0 Å². The van der Waals surface area contributed by atoms with Crippen molar-refractivity contribution in [3.8, 4) is 0 Å². The Morgan fingerprint density at radius 1 is 1.11 bits per heavy atom. The lowest BCUT2D eigenvalue weighted by Gasteiger charge is -2.35. The van der Waals surface area contributed by atoms with E-state index in [0.29, 0.717) is 0 Å². The van der Waals surface area contributed by atoms with Crippen molar-refractivity contribution in [2.24, 2.45) is 16.8 Å². The minimum atomic E-state index is 0.745. The van der Waals surface area contributed by atoms with Gasteiger partial charge in [0.1, 0.15) is 0 Å². The Morgan fingerprint density at radius 3 is 2.54 bits per heavy atom. The van der Waals surface area contributed by atoms with Crippen molar-refractivity contribution >= 4 is 5.96 Å². The second kappa shape index (κ2) is 10.3. The Hall–Kier alpha value is -2.34. The first-order valence-electron chi connectivity index (χ1n) is 10.3. The number of benzene rings is 1. The summed E-state index contributed by atoms with van der Waals surface area (Å²) < 4.78 is 1.95. The molecule has 3 rings (SSSR count). The molecule has 2 heterocycles. The van der Waals surface area contributed by atoms with Gasteiger partial charge in [0.05, 0.1) is 6.54 Å². The standard InChI is InChI=1S/C22H34N6/c1-18-13-19(2)16-27(15-18)12-10-24-22(23-3)25-14-20-7-4-5-8-21(20)17-28-11-6-9-26-28/h4-9,11,18-19H,10,12-17H2,1-3H3,(H2,23,24,25). The smallest absolute Gasteiger partial charge is 0.191 e. The first kappa shape index (κ1) is 20.4. The minimum Gasteiger partial charge on any atom is -0.355 e. The molecule has 2 N–H and O–H groups in total. The van der Waals surface area contributed by atoms with Gasteiger partial charge in [0.2, 0.25) is 0 Å². The third-order valence-corrected chi connectivity index (χ3v) is 5.34. The van der Waals surface area contributed by atoms with Gasteiger partial charge in [-0.15, -0.1) is 0 Å². The van der Waals surface area contributed by atoms with Gasteiger partial charge < -0.3 is 15.5 Å². The van der Waals surface area contributed by atoms with Gasteiger partial charge in [-0.05, 0) is 35.4 Å². The number of rotatable bonds is 7. The van der Waals surface area contributed by atoms with Crippen molar-refractivity contribution in [2.75, 3.05) is 33.2 Å². The third-order valence-electron chi connectivity index (χ3n) is 5.34. The Morgan fingerprint density at radius 2 is 1.86 bits per heavy atom. The molecule has 0 bridgehead atoms. The molecule has 1 aromatic heterocycles. The molecule has 0 amide bonds. The summed E-state index contributed by atoms with van der Waals surface area (Å²) in [6.45, 7) is 10.6. The van der Waals surface area contributed by atoms with Crippen molar-refractivity contribution < 1.29 is 0 Å². The van der Waals surface area contributed by atoms with Gasteiger partial charge in [-0.3, -0.25) is 9.67 Å². The van der Waals surface area contributed by atoms with Crippen LogP contribution >= 0.6 is 0 Å². The molecule has 28 heavy (non-hydrogen) atoms. The summed E-state index contributed by atoms with van der Waals surface area (Å²) in [6, 6.07) is 10.4. The van der Waals surface area contributed by atoms with E-state index >= 15 is 0 Å². The van der Waals surface area contributed by atoms with Crippen LogP contribution in [-0.2, 0) is 13.1 Å². The highest BCUT2D eigenvalue weighted by Crippen LogP contribution is 2.20. The Bertz CT molecular complexity index is 729. The Balaban J connectivity index is 1.47. The Labute approximate surface area is 169 Å². The summed E-state index contributed by atoms with van der Waals surface area (Å²) in [5.74, 6) is 2.45. The molecule has 1 saturated heterocycles. The average molecular weight is 383 g/mol. The highest BCUT2D eigenvalue weighted by molar-refractivity contribution is 5.79. The Kier molecular flexibility index (Phi) is 7.48. The molecule has 0 aliphatic carbocycles. The molecule has 2 aromatic rings. The maximum absolute atomic E-state index is 4.38. The number of aliphatic imine (C=N–C) groups is 1. The molecule has 1 aliphatic rings. The second-order valence-electron chi connectivity index (χ2n) is 8.03. The maximum atomic E-state index is 4.38. The molecule has 0 spiro atoms. The van der Waals surface area contributed by atoms with Crippen LogP contribution in [0.5, 0.6) is 0 Å². The van der Waals surface area contributed by atoms with Crippen LogP contribution in [0.2, 0.25) is 0 Å². The molecule has 6 heteroatoms. The number of guanidine groups is 1. The van der Waals surface area contributed by atoms with Gasteiger partial charge in [0, 0.05) is 52.2 Å². The summed E-state index contributed by atoms with van der Waals surface area (Å²) in [7, 11) is 1.83. The van der Waals surface area contributed by atoms with Crippen LogP contribution in [0.15, 0.2) is 47.7 Å². The molecular weight excluding hydrogens is 348 g/mol. The zero-order chi connectivity index (χ0) is 19.8. The fourth-order valence-electron chi connectivity index (χ4n) is 4.16. The molecule has 6 nitrogen and oxygen atoms in total. The highest BCUT2D eigenvalue weighted by Gasteiger charge is 2.21. The van der Waals surface area contributed by atoms with Crippen LogP contribution in [0.25, 0.3) is 0 Å². The zero-order valence-corrected chi connectivity index (χ0v) is 17.4. The van der Waals surface area contributed by atoms with Crippen molar-refractivity contribution in [3.63, 3.8) is 0 Å². The van der Waals surface area contributed by atoms with Crippen LogP contribution in [0.1, 0.15) is 31.4 Å². The largest absolute Gasteiger partial charge is 0.355 e. The highest BCUT2D eigenvalue weighted by atomic mass is 15.3. The molecule has 0 radical (unpaired) electrons. The van der Waals surface area contributed by atoms with E-state index in [1.54, 1.807) is 0 Å². The van der Waals surface area contributed by atoms with Crippen LogP contribution in [-0.4, -0.2) is 53.9 Å². The summed E-state index contributed by atoms with van der Waals surface area (Å²) in [4.78, 5) is 6.95. The van der Waals surface area contributed by atoms with E-state index < -0.39 is 0 Å². The summed E-state index contributed by atoms with van der Waals surface area (Å²) in [5.41, 5.74) is 2.53.